The molecule has 9 heteroatoms. The van der Waals surface area contributed by atoms with Gasteiger partial charge in [0, 0.05) is 5.02 Å². The molecular weight excluding hydrogens is 318 g/mol. The van der Waals surface area contributed by atoms with Crippen LogP contribution in [0.25, 0.3) is 0 Å². The molecule has 112 valence electrons. The Labute approximate surface area is 126 Å². The maximum Gasteiger partial charge on any atom is 0.357 e. The lowest BCUT2D eigenvalue weighted by Gasteiger charge is -2.11. The van der Waals surface area contributed by atoms with Crippen molar-refractivity contribution >= 4 is 33.3 Å². The van der Waals surface area contributed by atoms with Crippen molar-refractivity contribution in [3.8, 4) is 0 Å². The van der Waals surface area contributed by atoms with Crippen LogP contribution in [0.2, 0.25) is 5.02 Å². The van der Waals surface area contributed by atoms with E-state index < -0.39 is 26.6 Å². The van der Waals surface area contributed by atoms with E-state index in [-0.39, 0.29) is 11.4 Å². The summed E-state index contributed by atoms with van der Waals surface area (Å²) in [6.45, 7) is 3.08. The van der Waals surface area contributed by atoms with E-state index in [2.05, 4.69) is 14.9 Å². The van der Waals surface area contributed by atoms with Gasteiger partial charge in [-0.05, 0) is 31.5 Å². The van der Waals surface area contributed by atoms with Gasteiger partial charge in [0.25, 0.3) is 10.0 Å². The number of halogens is 1. The third kappa shape index (κ3) is 2.86. The highest BCUT2D eigenvalue weighted by Gasteiger charge is 2.28. The standard InChI is InChI=1S/C12H12ClN3O4S/c1-6-8(13)4-3-5-9(6)16-21(19,20)11-7(2)14-15-10(11)12(17)18/h3-5,16H,1-2H3,(H,14,15)(H,17,18). The molecule has 0 saturated heterocycles. The van der Waals surface area contributed by atoms with E-state index in [0.29, 0.717) is 10.6 Å². The first-order valence-electron chi connectivity index (χ1n) is 5.80. The van der Waals surface area contributed by atoms with Crippen molar-refractivity contribution in [2.45, 2.75) is 18.7 Å². The van der Waals surface area contributed by atoms with E-state index in [1.807, 2.05) is 0 Å². The van der Waals surface area contributed by atoms with E-state index in [1.165, 1.54) is 13.0 Å². The Hall–Kier alpha value is -2.06. The van der Waals surface area contributed by atoms with Gasteiger partial charge in [-0.3, -0.25) is 9.82 Å². The largest absolute Gasteiger partial charge is 0.476 e. The van der Waals surface area contributed by atoms with Gasteiger partial charge in [0.15, 0.2) is 5.69 Å². The van der Waals surface area contributed by atoms with Crippen LogP contribution in [0.3, 0.4) is 0 Å². The first kappa shape index (κ1) is 15.3. The van der Waals surface area contributed by atoms with Gasteiger partial charge in [-0.1, -0.05) is 17.7 Å². The molecule has 0 aliphatic carbocycles. The van der Waals surface area contributed by atoms with Crippen molar-refractivity contribution < 1.29 is 18.3 Å². The Balaban J connectivity index is 2.51. The van der Waals surface area contributed by atoms with Crippen LogP contribution in [0.5, 0.6) is 0 Å². The highest BCUT2D eigenvalue weighted by molar-refractivity contribution is 7.92. The minimum Gasteiger partial charge on any atom is -0.476 e. The fourth-order valence-electron chi connectivity index (χ4n) is 1.81. The van der Waals surface area contributed by atoms with Gasteiger partial charge in [0.1, 0.15) is 4.90 Å². The lowest BCUT2D eigenvalue weighted by molar-refractivity contribution is 0.0686. The highest BCUT2D eigenvalue weighted by atomic mass is 35.5. The Morgan fingerprint density at radius 1 is 1.38 bits per heavy atom. The number of carboxylic acid groups (broad SMARTS) is 1. The van der Waals surface area contributed by atoms with Crippen molar-refractivity contribution in [3.05, 3.63) is 40.2 Å². The molecule has 3 N–H and O–H groups in total. The van der Waals surface area contributed by atoms with Crippen molar-refractivity contribution in [2.75, 3.05) is 4.72 Å². The summed E-state index contributed by atoms with van der Waals surface area (Å²) < 4.78 is 27.1. The number of hydrogen-bond donors (Lipinski definition) is 3. The fourth-order valence-corrected chi connectivity index (χ4v) is 3.43. The molecule has 2 aromatic rings. The summed E-state index contributed by atoms with van der Waals surface area (Å²) >= 11 is 5.93. The second kappa shape index (κ2) is 5.38. The van der Waals surface area contributed by atoms with Crippen LogP contribution in [-0.4, -0.2) is 29.7 Å². The summed E-state index contributed by atoms with van der Waals surface area (Å²) in [5.41, 5.74) is 0.402. The van der Waals surface area contributed by atoms with Crippen LogP contribution in [0.15, 0.2) is 23.1 Å². The minimum atomic E-state index is -4.10. The monoisotopic (exact) mass is 329 g/mol. The number of carboxylic acids is 1. The molecule has 0 atom stereocenters. The summed E-state index contributed by atoms with van der Waals surface area (Å²) in [7, 11) is -4.10. The van der Waals surface area contributed by atoms with E-state index in [1.54, 1.807) is 19.1 Å². The minimum absolute atomic E-state index is 0.139. The van der Waals surface area contributed by atoms with E-state index in [4.69, 9.17) is 16.7 Å². The van der Waals surface area contributed by atoms with Crippen LogP contribution in [-0.2, 0) is 10.0 Å². The van der Waals surface area contributed by atoms with Gasteiger partial charge < -0.3 is 5.11 Å². The molecule has 1 aromatic heterocycles. The summed E-state index contributed by atoms with van der Waals surface area (Å²) in [6.07, 6.45) is 0. The Bertz CT molecular complexity index is 814. The van der Waals surface area contributed by atoms with E-state index in [9.17, 15) is 13.2 Å². The molecule has 0 unspecified atom stereocenters. The average molecular weight is 330 g/mol. The number of sulfonamides is 1. The SMILES string of the molecule is Cc1[nH]nc(C(=O)O)c1S(=O)(=O)Nc1cccc(Cl)c1C. The van der Waals surface area contributed by atoms with Crippen LogP contribution in [0, 0.1) is 13.8 Å². The third-order valence-electron chi connectivity index (χ3n) is 2.87. The zero-order valence-electron chi connectivity index (χ0n) is 11.1. The maximum absolute atomic E-state index is 12.4. The number of hydrogen-bond acceptors (Lipinski definition) is 4. The number of aromatic carboxylic acids is 1. The van der Waals surface area contributed by atoms with Gasteiger partial charge in [0.05, 0.1) is 11.4 Å². The molecule has 7 nitrogen and oxygen atoms in total. The lowest BCUT2D eigenvalue weighted by atomic mass is 10.2. The van der Waals surface area contributed by atoms with E-state index in [0.717, 1.165) is 0 Å². The number of rotatable bonds is 4. The zero-order chi connectivity index (χ0) is 15.8. The zero-order valence-corrected chi connectivity index (χ0v) is 12.7. The summed E-state index contributed by atoms with van der Waals surface area (Å²) in [4.78, 5) is 10.7. The highest BCUT2D eigenvalue weighted by Crippen LogP contribution is 2.27. The average Bonchev–Trinajstić information content (AvgIpc) is 2.78. The first-order valence-corrected chi connectivity index (χ1v) is 7.66. The molecule has 1 heterocycles. The number of carbonyl (C=O) groups is 1. The lowest BCUT2D eigenvalue weighted by Crippen LogP contribution is -2.17. The topological polar surface area (TPSA) is 112 Å². The molecule has 0 radical (unpaired) electrons. The molecule has 0 saturated carbocycles. The smallest absolute Gasteiger partial charge is 0.357 e. The summed E-state index contributed by atoms with van der Waals surface area (Å²) in [5.74, 6) is -1.43. The van der Waals surface area contributed by atoms with Crippen LogP contribution < -0.4 is 4.72 Å². The van der Waals surface area contributed by atoms with Crippen LogP contribution in [0.1, 0.15) is 21.7 Å². The van der Waals surface area contributed by atoms with Crippen molar-refractivity contribution in [1.82, 2.24) is 10.2 Å². The Morgan fingerprint density at radius 3 is 2.67 bits per heavy atom. The number of H-pyrrole nitrogens is 1. The normalized spacial score (nSPS) is 11.4. The molecule has 21 heavy (non-hydrogen) atoms. The number of anilines is 1. The van der Waals surface area contributed by atoms with Gasteiger partial charge >= 0.3 is 5.97 Å². The van der Waals surface area contributed by atoms with Crippen LogP contribution in [0.4, 0.5) is 5.69 Å². The summed E-state index contributed by atoms with van der Waals surface area (Å²) in [5, 5.41) is 15.3. The second-order valence-electron chi connectivity index (χ2n) is 4.35. The molecule has 0 aliphatic rings. The van der Waals surface area contributed by atoms with Crippen LogP contribution >= 0.6 is 11.6 Å². The molecule has 2 rings (SSSR count). The molecule has 0 amide bonds. The Kier molecular flexibility index (Phi) is 3.93. The predicted octanol–water partition coefficient (Wildman–Crippen LogP) is 2.18. The third-order valence-corrected chi connectivity index (χ3v) is 4.81. The molecule has 1 aromatic carbocycles. The predicted molar refractivity (Wildman–Crippen MR) is 77.3 cm³/mol. The number of benzene rings is 1. The molecular formula is C12H12ClN3O4S. The van der Waals surface area contributed by atoms with Crippen molar-refractivity contribution in [3.63, 3.8) is 0 Å². The van der Waals surface area contributed by atoms with Crippen molar-refractivity contribution in [1.29, 1.82) is 0 Å². The molecule has 0 fully saturated rings. The van der Waals surface area contributed by atoms with Crippen molar-refractivity contribution in [2.24, 2.45) is 0 Å². The van der Waals surface area contributed by atoms with Gasteiger partial charge in [0.2, 0.25) is 0 Å². The van der Waals surface area contributed by atoms with Gasteiger partial charge in [-0.15, -0.1) is 0 Å². The number of aryl methyl sites for hydroxylation is 1. The summed E-state index contributed by atoms with van der Waals surface area (Å²) in [6, 6.07) is 4.75. The molecule has 0 aliphatic heterocycles. The van der Waals surface area contributed by atoms with Gasteiger partial charge in [-0.25, -0.2) is 13.2 Å². The quantitative estimate of drug-likeness (QED) is 0.795. The second-order valence-corrected chi connectivity index (χ2v) is 6.38. The molecule has 0 spiro atoms. The maximum atomic E-state index is 12.4. The van der Waals surface area contributed by atoms with Gasteiger partial charge in [-0.2, -0.15) is 5.10 Å². The fraction of sp³-hybridized carbons (Fsp3) is 0.167. The molecule has 0 bridgehead atoms. The Morgan fingerprint density at radius 2 is 2.05 bits per heavy atom. The number of nitrogens with one attached hydrogen (secondary N) is 2. The number of aromatic amines is 1. The number of nitrogens with zero attached hydrogens (tertiary/aromatic N) is 1. The first-order chi connectivity index (χ1) is 9.74. The van der Waals surface area contributed by atoms with E-state index >= 15 is 0 Å². The number of aromatic nitrogens is 2.